The van der Waals surface area contributed by atoms with Crippen LogP contribution in [0.25, 0.3) is 0 Å². The minimum absolute atomic E-state index is 0.107. The highest BCUT2D eigenvalue weighted by Crippen LogP contribution is 2.32. The predicted molar refractivity (Wildman–Crippen MR) is 142 cm³/mol. The first-order valence-electron chi connectivity index (χ1n) is 12.1. The van der Waals surface area contributed by atoms with Crippen LogP contribution in [-0.2, 0) is 20.9 Å². The number of halogens is 1. The molecule has 0 fully saturated rings. The Morgan fingerprint density at radius 3 is 2.24 bits per heavy atom. The Hall–Kier alpha value is -3.46. The second-order valence-corrected chi connectivity index (χ2v) is 9.84. The van der Waals surface area contributed by atoms with E-state index in [0.29, 0.717) is 48.1 Å². The Balaban J connectivity index is 1.93. The molecule has 202 valence electrons. The monoisotopic (exact) mass is 533 g/mol. The fourth-order valence-electron chi connectivity index (χ4n) is 3.26. The van der Waals surface area contributed by atoms with Crippen molar-refractivity contribution in [1.29, 1.82) is 0 Å². The van der Waals surface area contributed by atoms with Crippen LogP contribution in [0.15, 0.2) is 42.5 Å². The van der Waals surface area contributed by atoms with Gasteiger partial charge in [0.2, 0.25) is 11.8 Å². The van der Waals surface area contributed by atoms with E-state index in [2.05, 4.69) is 16.0 Å². The van der Waals surface area contributed by atoms with Crippen LogP contribution < -0.4 is 25.4 Å². The molecule has 0 aromatic heterocycles. The van der Waals surface area contributed by atoms with Crippen molar-refractivity contribution in [1.82, 2.24) is 16.0 Å². The smallest absolute Gasteiger partial charge is 0.408 e. The molecular formula is C27H36ClN3O6. The van der Waals surface area contributed by atoms with Crippen LogP contribution in [0.2, 0.25) is 5.02 Å². The van der Waals surface area contributed by atoms with Crippen molar-refractivity contribution >= 4 is 29.5 Å². The zero-order chi connectivity index (χ0) is 27.4. The summed E-state index contributed by atoms with van der Waals surface area (Å²) < 4.78 is 16.3. The normalized spacial score (nSPS) is 11.7. The van der Waals surface area contributed by atoms with E-state index in [9.17, 15) is 14.4 Å². The van der Waals surface area contributed by atoms with Crippen molar-refractivity contribution in [3.05, 3.63) is 53.1 Å². The van der Waals surface area contributed by atoms with Crippen molar-refractivity contribution in [2.45, 2.75) is 65.1 Å². The van der Waals surface area contributed by atoms with Crippen molar-refractivity contribution in [2.75, 3.05) is 13.7 Å². The Bertz CT molecular complexity index is 1050. The Morgan fingerprint density at radius 1 is 0.973 bits per heavy atom. The molecule has 2 rings (SSSR count). The number of carbonyl (C=O) groups excluding carboxylic acids is 3. The van der Waals surface area contributed by atoms with Crippen LogP contribution in [0.3, 0.4) is 0 Å². The average molecular weight is 534 g/mol. The van der Waals surface area contributed by atoms with Gasteiger partial charge in [-0.2, -0.15) is 0 Å². The fraction of sp³-hybridized carbons (Fsp3) is 0.444. The molecule has 9 nitrogen and oxygen atoms in total. The lowest BCUT2D eigenvalue weighted by atomic mass is 10.1. The van der Waals surface area contributed by atoms with Gasteiger partial charge in [0, 0.05) is 26.1 Å². The van der Waals surface area contributed by atoms with E-state index in [0.717, 1.165) is 5.56 Å². The minimum atomic E-state index is -0.771. The summed E-state index contributed by atoms with van der Waals surface area (Å²) in [4.78, 5) is 36.2. The third-order valence-electron chi connectivity index (χ3n) is 5.06. The summed E-state index contributed by atoms with van der Waals surface area (Å²) in [5.74, 6) is 1.29. The molecule has 10 heteroatoms. The van der Waals surface area contributed by atoms with E-state index in [1.807, 2.05) is 12.1 Å². The first-order valence-corrected chi connectivity index (χ1v) is 12.5. The number of amides is 3. The van der Waals surface area contributed by atoms with Crippen LogP contribution in [0.4, 0.5) is 4.79 Å². The number of nitrogens with one attached hydrogen (secondary N) is 3. The number of alkyl carbamates (subject to hydrolysis) is 1. The van der Waals surface area contributed by atoms with Gasteiger partial charge in [0.15, 0.2) is 0 Å². The molecule has 3 N–H and O–H groups in total. The molecule has 1 atom stereocenters. The summed E-state index contributed by atoms with van der Waals surface area (Å²) in [7, 11) is 1.56. The van der Waals surface area contributed by atoms with E-state index in [1.54, 1.807) is 58.2 Å². The molecule has 1 unspecified atom stereocenters. The lowest BCUT2D eigenvalue weighted by Gasteiger charge is -2.23. The van der Waals surface area contributed by atoms with Gasteiger partial charge in [-0.1, -0.05) is 23.7 Å². The van der Waals surface area contributed by atoms with Crippen LogP contribution in [-0.4, -0.2) is 43.2 Å². The molecule has 2 aromatic carbocycles. The van der Waals surface area contributed by atoms with Crippen LogP contribution >= 0.6 is 11.6 Å². The number of unbranched alkanes of at least 4 members (excludes halogenated alkanes) is 1. The summed E-state index contributed by atoms with van der Waals surface area (Å²) in [6.07, 6.45) is 1.06. The van der Waals surface area contributed by atoms with Gasteiger partial charge < -0.3 is 30.2 Å². The van der Waals surface area contributed by atoms with Gasteiger partial charge in [0.25, 0.3) is 0 Å². The maximum absolute atomic E-state index is 12.9. The van der Waals surface area contributed by atoms with Gasteiger partial charge in [-0.05, 0) is 69.9 Å². The number of carbonyl (C=O) groups is 3. The molecule has 0 spiro atoms. The molecule has 0 saturated heterocycles. The van der Waals surface area contributed by atoms with Crippen molar-refractivity contribution in [2.24, 2.45) is 0 Å². The third-order valence-corrected chi connectivity index (χ3v) is 5.35. The first kappa shape index (κ1) is 29.8. The average Bonchev–Trinajstić information content (AvgIpc) is 2.82. The van der Waals surface area contributed by atoms with Crippen LogP contribution in [0.5, 0.6) is 17.2 Å². The summed E-state index contributed by atoms with van der Waals surface area (Å²) >= 11 is 6.23. The molecule has 2 aromatic rings. The SMILES string of the molecule is COc1ccc(Oc2ccc(CNC(=O)C(CCCCNC(C)=O)NC(=O)OC(C)(C)C)cc2)c(Cl)c1. The summed E-state index contributed by atoms with van der Waals surface area (Å²) in [5.41, 5.74) is 0.166. The lowest BCUT2D eigenvalue weighted by Crippen LogP contribution is -2.48. The van der Waals surface area contributed by atoms with Gasteiger partial charge >= 0.3 is 6.09 Å². The van der Waals surface area contributed by atoms with E-state index >= 15 is 0 Å². The Morgan fingerprint density at radius 2 is 1.65 bits per heavy atom. The number of hydrogen-bond donors (Lipinski definition) is 3. The molecule has 37 heavy (non-hydrogen) atoms. The molecule has 0 saturated carbocycles. The molecule has 0 aliphatic rings. The van der Waals surface area contributed by atoms with Crippen molar-refractivity contribution in [3.8, 4) is 17.2 Å². The standard InChI is InChI=1S/C27H36ClN3O6/c1-18(32)29-15-7-6-8-23(31-26(34)37-27(2,3)4)25(33)30-17-19-9-11-20(12-10-19)36-24-14-13-21(35-5)16-22(24)28/h9-14,16,23H,6-8,15,17H2,1-5H3,(H,29,32)(H,30,33)(H,31,34). The van der Waals surface area contributed by atoms with Gasteiger partial charge in [0.05, 0.1) is 12.1 Å². The fourth-order valence-corrected chi connectivity index (χ4v) is 3.47. The van der Waals surface area contributed by atoms with Crippen molar-refractivity contribution < 1.29 is 28.6 Å². The zero-order valence-electron chi connectivity index (χ0n) is 22.0. The van der Waals surface area contributed by atoms with Crippen molar-refractivity contribution in [3.63, 3.8) is 0 Å². The summed E-state index contributed by atoms with van der Waals surface area (Å²) in [6.45, 7) is 7.49. The van der Waals surface area contributed by atoms with E-state index in [-0.39, 0.29) is 18.4 Å². The number of methoxy groups -OCH3 is 1. The minimum Gasteiger partial charge on any atom is -0.497 e. The largest absolute Gasteiger partial charge is 0.497 e. The van der Waals surface area contributed by atoms with Gasteiger partial charge in [-0.15, -0.1) is 0 Å². The second-order valence-electron chi connectivity index (χ2n) is 9.44. The Kier molecular flexibility index (Phi) is 11.5. The maximum atomic E-state index is 12.9. The van der Waals surface area contributed by atoms with Crippen LogP contribution in [0, 0.1) is 0 Å². The van der Waals surface area contributed by atoms with E-state index in [1.165, 1.54) is 6.92 Å². The molecule has 0 bridgehead atoms. The number of hydrogen-bond acceptors (Lipinski definition) is 6. The molecule has 0 heterocycles. The zero-order valence-corrected chi connectivity index (χ0v) is 22.7. The molecule has 0 aliphatic heterocycles. The number of rotatable bonds is 12. The molecule has 0 aliphatic carbocycles. The summed E-state index contributed by atoms with van der Waals surface area (Å²) in [6, 6.07) is 11.6. The number of ether oxygens (including phenoxy) is 3. The first-order chi connectivity index (χ1) is 17.5. The van der Waals surface area contributed by atoms with Crippen LogP contribution in [0.1, 0.15) is 52.5 Å². The Labute approximate surface area is 223 Å². The second kappa shape index (κ2) is 14.3. The highest BCUT2D eigenvalue weighted by atomic mass is 35.5. The lowest BCUT2D eigenvalue weighted by molar-refractivity contribution is -0.123. The summed E-state index contributed by atoms with van der Waals surface area (Å²) in [5, 5.41) is 8.67. The van der Waals surface area contributed by atoms with Gasteiger partial charge in [-0.3, -0.25) is 9.59 Å². The maximum Gasteiger partial charge on any atom is 0.408 e. The highest BCUT2D eigenvalue weighted by molar-refractivity contribution is 6.32. The quantitative estimate of drug-likeness (QED) is 0.332. The molecule has 3 amide bonds. The van der Waals surface area contributed by atoms with E-state index in [4.69, 9.17) is 25.8 Å². The molecule has 0 radical (unpaired) electrons. The third kappa shape index (κ3) is 11.4. The van der Waals surface area contributed by atoms with Gasteiger partial charge in [0.1, 0.15) is 28.9 Å². The predicted octanol–water partition coefficient (Wildman–Crippen LogP) is 4.96. The number of benzene rings is 2. The highest BCUT2D eigenvalue weighted by Gasteiger charge is 2.24. The topological polar surface area (TPSA) is 115 Å². The van der Waals surface area contributed by atoms with Gasteiger partial charge in [-0.25, -0.2) is 4.79 Å². The molecular weight excluding hydrogens is 498 g/mol. The van der Waals surface area contributed by atoms with E-state index < -0.39 is 17.7 Å².